The molecule has 73 valence electrons. The molecule has 0 heterocycles. The SMILES string of the molecule is CCC(=O)Nc1cccc([C]=O)c1O. The van der Waals surface area contributed by atoms with Crippen molar-refractivity contribution < 1.29 is 14.7 Å². The summed E-state index contributed by atoms with van der Waals surface area (Å²) in [5, 5.41) is 11.9. The Hall–Kier alpha value is -1.84. The highest BCUT2D eigenvalue weighted by molar-refractivity contribution is 5.94. The fourth-order valence-electron chi connectivity index (χ4n) is 0.965. The molecule has 0 fully saturated rings. The number of anilines is 1. The zero-order valence-corrected chi connectivity index (χ0v) is 7.70. The van der Waals surface area contributed by atoms with Gasteiger partial charge in [-0.15, -0.1) is 0 Å². The summed E-state index contributed by atoms with van der Waals surface area (Å²) in [6, 6.07) is 4.50. The zero-order valence-electron chi connectivity index (χ0n) is 7.70. The highest BCUT2D eigenvalue weighted by atomic mass is 16.3. The lowest BCUT2D eigenvalue weighted by atomic mass is 10.2. The minimum atomic E-state index is -0.246. The molecule has 0 atom stereocenters. The molecule has 0 aliphatic carbocycles. The van der Waals surface area contributed by atoms with E-state index in [1.54, 1.807) is 19.3 Å². The number of rotatable bonds is 3. The first-order chi connectivity index (χ1) is 6.69. The van der Waals surface area contributed by atoms with Crippen molar-refractivity contribution in [2.45, 2.75) is 13.3 Å². The summed E-state index contributed by atoms with van der Waals surface area (Å²) in [6.07, 6.45) is 1.89. The second kappa shape index (κ2) is 4.41. The van der Waals surface area contributed by atoms with Crippen LogP contribution >= 0.6 is 0 Å². The van der Waals surface area contributed by atoms with E-state index in [0.29, 0.717) is 6.42 Å². The van der Waals surface area contributed by atoms with E-state index >= 15 is 0 Å². The van der Waals surface area contributed by atoms with E-state index in [-0.39, 0.29) is 22.9 Å². The summed E-state index contributed by atoms with van der Waals surface area (Å²) in [6.45, 7) is 1.70. The quantitative estimate of drug-likeness (QED) is 0.707. The largest absolute Gasteiger partial charge is 0.505 e. The smallest absolute Gasteiger partial charge is 0.237 e. The molecule has 1 amide bonds. The van der Waals surface area contributed by atoms with Crippen LogP contribution in [0.4, 0.5) is 5.69 Å². The number of phenols is 1. The molecule has 0 aromatic heterocycles. The van der Waals surface area contributed by atoms with Gasteiger partial charge >= 0.3 is 0 Å². The van der Waals surface area contributed by atoms with Gasteiger partial charge < -0.3 is 10.4 Å². The third kappa shape index (κ3) is 2.10. The van der Waals surface area contributed by atoms with Gasteiger partial charge in [-0.2, -0.15) is 0 Å². The van der Waals surface area contributed by atoms with E-state index in [1.165, 1.54) is 12.1 Å². The number of hydrogen-bond donors (Lipinski definition) is 2. The average molecular weight is 192 g/mol. The molecule has 4 heteroatoms. The number of carbonyl (C=O) groups excluding carboxylic acids is 2. The van der Waals surface area contributed by atoms with Gasteiger partial charge in [0, 0.05) is 6.42 Å². The summed E-state index contributed by atoms with van der Waals surface area (Å²) in [7, 11) is 0. The maximum atomic E-state index is 11.0. The van der Waals surface area contributed by atoms with Crippen LogP contribution < -0.4 is 5.32 Å². The fourth-order valence-corrected chi connectivity index (χ4v) is 0.965. The first-order valence-electron chi connectivity index (χ1n) is 4.19. The molecule has 1 rings (SSSR count). The number of phenolic OH excluding ortho intramolecular Hbond substituents is 1. The molecule has 0 spiro atoms. The van der Waals surface area contributed by atoms with Crippen molar-refractivity contribution in [1.82, 2.24) is 0 Å². The predicted octanol–water partition coefficient (Wildman–Crippen LogP) is 1.20. The van der Waals surface area contributed by atoms with Gasteiger partial charge in [-0.1, -0.05) is 13.0 Å². The Morgan fingerprint density at radius 1 is 1.57 bits per heavy atom. The molecular weight excluding hydrogens is 182 g/mol. The lowest BCUT2D eigenvalue weighted by molar-refractivity contribution is -0.115. The lowest BCUT2D eigenvalue weighted by Gasteiger charge is -2.06. The molecule has 14 heavy (non-hydrogen) atoms. The van der Waals surface area contributed by atoms with Crippen LogP contribution in [-0.2, 0) is 9.59 Å². The van der Waals surface area contributed by atoms with Gasteiger partial charge in [-0.3, -0.25) is 9.59 Å². The molecule has 0 unspecified atom stereocenters. The third-order valence-corrected chi connectivity index (χ3v) is 1.74. The maximum absolute atomic E-state index is 11.0. The minimum Gasteiger partial charge on any atom is -0.505 e. The van der Waals surface area contributed by atoms with E-state index < -0.39 is 0 Å². The highest BCUT2D eigenvalue weighted by Crippen LogP contribution is 2.25. The number of amides is 1. The van der Waals surface area contributed by atoms with Crippen LogP contribution in [0.5, 0.6) is 5.75 Å². The van der Waals surface area contributed by atoms with Gasteiger partial charge in [0.2, 0.25) is 12.2 Å². The molecule has 1 aromatic rings. The molecule has 0 bridgehead atoms. The molecular formula is C10H10NO3. The Morgan fingerprint density at radius 3 is 2.86 bits per heavy atom. The molecule has 2 N–H and O–H groups in total. The van der Waals surface area contributed by atoms with Crippen molar-refractivity contribution in [1.29, 1.82) is 0 Å². The molecule has 0 saturated carbocycles. The Bertz CT molecular complexity index is 360. The first kappa shape index (κ1) is 10.2. The van der Waals surface area contributed by atoms with E-state index in [0.717, 1.165) is 0 Å². The second-order valence-electron chi connectivity index (χ2n) is 2.71. The van der Waals surface area contributed by atoms with E-state index in [2.05, 4.69) is 5.32 Å². The summed E-state index contributed by atoms with van der Waals surface area (Å²) < 4.78 is 0. The van der Waals surface area contributed by atoms with E-state index in [9.17, 15) is 14.7 Å². The van der Waals surface area contributed by atoms with Crippen molar-refractivity contribution in [3.63, 3.8) is 0 Å². The van der Waals surface area contributed by atoms with Gasteiger partial charge in [-0.05, 0) is 12.1 Å². The molecule has 1 radical (unpaired) electrons. The van der Waals surface area contributed by atoms with Crippen LogP contribution in [0.15, 0.2) is 18.2 Å². The lowest BCUT2D eigenvalue weighted by Crippen LogP contribution is -2.09. The summed E-state index contributed by atoms with van der Waals surface area (Å²) >= 11 is 0. The van der Waals surface area contributed by atoms with Crippen LogP contribution in [-0.4, -0.2) is 17.3 Å². The van der Waals surface area contributed by atoms with Crippen LogP contribution in [0.1, 0.15) is 18.9 Å². The van der Waals surface area contributed by atoms with Crippen molar-refractivity contribution in [2.75, 3.05) is 5.32 Å². The number of para-hydroxylation sites is 1. The molecule has 0 aliphatic rings. The molecule has 0 saturated heterocycles. The second-order valence-corrected chi connectivity index (χ2v) is 2.71. The minimum absolute atomic E-state index is 0.0407. The summed E-state index contributed by atoms with van der Waals surface area (Å²) in [5.74, 6) is -0.465. The Kier molecular flexibility index (Phi) is 3.23. The highest BCUT2D eigenvalue weighted by Gasteiger charge is 2.08. The monoisotopic (exact) mass is 192 g/mol. The van der Waals surface area contributed by atoms with Gasteiger partial charge in [0.05, 0.1) is 11.3 Å². The van der Waals surface area contributed by atoms with Gasteiger partial charge in [0.1, 0.15) is 5.75 Å². The number of nitrogens with one attached hydrogen (secondary N) is 1. The van der Waals surface area contributed by atoms with Crippen molar-refractivity contribution in [3.05, 3.63) is 23.8 Å². The van der Waals surface area contributed by atoms with Crippen LogP contribution in [0.2, 0.25) is 0 Å². The van der Waals surface area contributed by atoms with Crippen molar-refractivity contribution in [2.24, 2.45) is 0 Å². The van der Waals surface area contributed by atoms with Crippen molar-refractivity contribution in [3.8, 4) is 5.75 Å². The molecule has 1 aromatic carbocycles. The summed E-state index contributed by atoms with van der Waals surface area (Å²) in [4.78, 5) is 21.3. The molecule has 0 aliphatic heterocycles. The average Bonchev–Trinajstić information content (AvgIpc) is 2.21. The third-order valence-electron chi connectivity index (χ3n) is 1.74. The Balaban J connectivity index is 2.97. The topological polar surface area (TPSA) is 66.4 Å². The number of carbonyl (C=O) groups is 1. The van der Waals surface area contributed by atoms with Gasteiger partial charge in [-0.25, -0.2) is 0 Å². The van der Waals surface area contributed by atoms with E-state index in [4.69, 9.17) is 0 Å². The van der Waals surface area contributed by atoms with Gasteiger partial charge in [0.25, 0.3) is 0 Å². The van der Waals surface area contributed by atoms with Gasteiger partial charge in [0.15, 0.2) is 0 Å². The van der Waals surface area contributed by atoms with Crippen LogP contribution in [0.25, 0.3) is 0 Å². The number of benzene rings is 1. The Morgan fingerprint density at radius 2 is 2.29 bits per heavy atom. The van der Waals surface area contributed by atoms with Crippen LogP contribution in [0, 0.1) is 0 Å². The number of hydrogen-bond acceptors (Lipinski definition) is 3. The Labute approximate surface area is 81.6 Å². The molecule has 4 nitrogen and oxygen atoms in total. The van der Waals surface area contributed by atoms with Crippen LogP contribution in [0.3, 0.4) is 0 Å². The predicted molar refractivity (Wildman–Crippen MR) is 51.8 cm³/mol. The number of aromatic hydroxyl groups is 1. The normalized spacial score (nSPS) is 9.50. The fraction of sp³-hybridized carbons (Fsp3) is 0.200. The first-order valence-corrected chi connectivity index (χ1v) is 4.19. The standard InChI is InChI=1S/C10H10NO3/c1-2-9(13)11-8-5-3-4-7(6-12)10(8)14/h3-5,14H,2H2,1H3,(H,11,13). The zero-order chi connectivity index (χ0) is 10.6. The van der Waals surface area contributed by atoms with Crippen molar-refractivity contribution >= 4 is 17.9 Å². The summed E-state index contributed by atoms with van der Waals surface area (Å²) in [5.41, 5.74) is 0.275. The maximum Gasteiger partial charge on any atom is 0.237 e. The van der Waals surface area contributed by atoms with E-state index in [1.807, 2.05) is 0 Å².